The Labute approximate surface area is 150 Å². The van der Waals surface area contributed by atoms with Gasteiger partial charge in [-0.2, -0.15) is 5.10 Å². The number of fused-ring (bicyclic) bond motifs is 1. The molecule has 0 aromatic carbocycles. The summed E-state index contributed by atoms with van der Waals surface area (Å²) in [6.45, 7) is 2.38. The van der Waals surface area contributed by atoms with Gasteiger partial charge < -0.3 is 14.2 Å². The number of nitrogens with zero attached hydrogens (tertiary/aromatic N) is 7. The Bertz CT molecular complexity index is 904. The minimum Gasteiger partial charge on any atom is -0.494 e. The molecule has 1 aliphatic rings. The minimum absolute atomic E-state index is 0.0587. The minimum atomic E-state index is -0.0587. The molecule has 0 aliphatic carbocycles. The highest BCUT2D eigenvalue weighted by atomic mass is 16.5. The Morgan fingerprint density at radius 1 is 1.23 bits per heavy atom. The van der Waals surface area contributed by atoms with Crippen LogP contribution in [-0.4, -0.2) is 60.5 Å². The summed E-state index contributed by atoms with van der Waals surface area (Å²) in [5, 5.41) is 12.8. The summed E-state index contributed by atoms with van der Waals surface area (Å²) in [6, 6.07) is 3.57. The highest BCUT2D eigenvalue weighted by Gasteiger charge is 2.24. The van der Waals surface area contributed by atoms with Gasteiger partial charge in [-0.3, -0.25) is 14.5 Å². The maximum atomic E-state index is 12.9. The van der Waals surface area contributed by atoms with Crippen LogP contribution >= 0.6 is 0 Å². The van der Waals surface area contributed by atoms with Crippen LogP contribution in [0.25, 0.3) is 0 Å². The highest BCUT2D eigenvalue weighted by molar-refractivity contribution is 5.96. The number of hydrogen-bond acceptors (Lipinski definition) is 6. The number of pyridine rings is 1. The molecule has 0 fully saturated rings. The lowest BCUT2D eigenvalue weighted by molar-refractivity contribution is 0.0755. The van der Waals surface area contributed by atoms with Crippen LogP contribution < -0.4 is 4.74 Å². The van der Waals surface area contributed by atoms with E-state index < -0.39 is 0 Å². The molecule has 4 heterocycles. The fraction of sp³-hybridized carbons (Fsp3) is 0.353. The molecule has 9 nitrogen and oxygen atoms in total. The van der Waals surface area contributed by atoms with E-state index in [0.717, 1.165) is 11.6 Å². The third kappa shape index (κ3) is 3.03. The lowest BCUT2D eigenvalue weighted by atomic mass is 10.2. The molecule has 9 heteroatoms. The van der Waals surface area contributed by atoms with Crippen LogP contribution in [0, 0.1) is 0 Å². The Morgan fingerprint density at radius 2 is 2.15 bits per heavy atom. The van der Waals surface area contributed by atoms with Crippen molar-refractivity contribution in [2.75, 3.05) is 20.2 Å². The molecule has 134 valence electrons. The smallest absolute Gasteiger partial charge is 0.257 e. The number of rotatable bonds is 4. The average molecular weight is 353 g/mol. The molecule has 4 rings (SSSR count). The third-order valence-electron chi connectivity index (χ3n) is 4.49. The standard InChI is InChI=1S/C17H19N7O2/c1-26-14-11-18-6-3-13(14)17(25)22-8-4-15-20-21-16(24(15)10-9-22)12-23-7-2-5-19-23/h2-3,5-7,11H,4,8-10,12H2,1H3. The van der Waals surface area contributed by atoms with Crippen molar-refractivity contribution in [3.05, 3.63) is 54.1 Å². The van der Waals surface area contributed by atoms with Crippen molar-refractivity contribution in [3.63, 3.8) is 0 Å². The van der Waals surface area contributed by atoms with Crippen LogP contribution in [0.3, 0.4) is 0 Å². The number of amides is 1. The van der Waals surface area contributed by atoms with E-state index in [9.17, 15) is 4.79 Å². The number of aromatic nitrogens is 6. The first-order valence-electron chi connectivity index (χ1n) is 8.42. The van der Waals surface area contributed by atoms with Crippen LogP contribution in [-0.2, 0) is 19.5 Å². The van der Waals surface area contributed by atoms with Crippen LogP contribution in [0.5, 0.6) is 5.75 Å². The molecule has 26 heavy (non-hydrogen) atoms. The molecule has 0 unspecified atom stereocenters. The zero-order chi connectivity index (χ0) is 17.9. The summed E-state index contributed by atoms with van der Waals surface area (Å²) in [7, 11) is 1.54. The van der Waals surface area contributed by atoms with Crippen molar-refractivity contribution in [1.82, 2.24) is 34.4 Å². The molecule has 3 aromatic heterocycles. The van der Waals surface area contributed by atoms with E-state index >= 15 is 0 Å². The predicted molar refractivity (Wildman–Crippen MR) is 91.7 cm³/mol. The highest BCUT2D eigenvalue weighted by Crippen LogP contribution is 2.19. The van der Waals surface area contributed by atoms with Crippen molar-refractivity contribution in [1.29, 1.82) is 0 Å². The lowest BCUT2D eigenvalue weighted by Gasteiger charge is -2.21. The van der Waals surface area contributed by atoms with E-state index in [-0.39, 0.29) is 5.91 Å². The monoisotopic (exact) mass is 353 g/mol. The van der Waals surface area contributed by atoms with Gasteiger partial charge in [-0.05, 0) is 12.1 Å². The van der Waals surface area contributed by atoms with Gasteiger partial charge in [0, 0.05) is 44.6 Å². The first-order chi connectivity index (χ1) is 12.8. The predicted octanol–water partition coefficient (Wildman–Crippen LogP) is 0.625. The number of ether oxygens (including phenoxy) is 1. The molecule has 0 bridgehead atoms. The van der Waals surface area contributed by atoms with Gasteiger partial charge in [-0.1, -0.05) is 0 Å². The van der Waals surface area contributed by atoms with E-state index in [0.29, 0.717) is 43.9 Å². The maximum Gasteiger partial charge on any atom is 0.257 e. The van der Waals surface area contributed by atoms with Crippen molar-refractivity contribution in [2.45, 2.75) is 19.5 Å². The Balaban J connectivity index is 1.51. The third-order valence-corrected chi connectivity index (χ3v) is 4.49. The summed E-state index contributed by atoms with van der Waals surface area (Å²) in [5.41, 5.74) is 0.525. The van der Waals surface area contributed by atoms with Crippen LogP contribution in [0.2, 0.25) is 0 Å². The quantitative estimate of drug-likeness (QED) is 0.683. The summed E-state index contributed by atoms with van der Waals surface area (Å²) in [4.78, 5) is 18.7. The normalized spacial score (nSPS) is 14.0. The van der Waals surface area contributed by atoms with Gasteiger partial charge in [0.2, 0.25) is 0 Å². The molecule has 0 saturated heterocycles. The second kappa shape index (κ2) is 6.95. The Hall–Kier alpha value is -3.23. The Kier molecular flexibility index (Phi) is 4.34. The summed E-state index contributed by atoms with van der Waals surface area (Å²) in [6.07, 6.45) is 7.45. The zero-order valence-corrected chi connectivity index (χ0v) is 14.4. The molecule has 0 atom stereocenters. The summed E-state index contributed by atoms with van der Waals surface area (Å²) < 4.78 is 9.16. The van der Waals surface area contributed by atoms with Crippen molar-refractivity contribution < 1.29 is 9.53 Å². The number of carbonyl (C=O) groups excluding carboxylic acids is 1. The van der Waals surface area contributed by atoms with E-state index in [1.807, 2.05) is 21.8 Å². The van der Waals surface area contributed by atoms with E-state index in [2.05, 4.69) is 24.8 Å². The first kappa shape index (κ1) is 16.2. The fourth-order valence-electron chi connectivity index (χ4n) is 3.13. The lowest BCUT2D eigenvalue weighted by Crippen LogP contribution is -2.34. The molecule has 0 radical (unpaired) electrons. The second-order valence-corrected chi connectivity index (χ2v) is 6.01. The second-order valence-electron chi connectivity index (χ2n) is 6.01. The van der Waals surface area contributed by atoms with E-state index in [4.69, 9.17) is 4.74 Å². The van der Waals surface area contributed by atoms with Gasteiger partial charge >= 0.3 is 0 Å². The van der Waals surface area contributed by atoms with Gasteiger partial charge in [-0.25, -0.2) is 0 Å². The largest absolute Gasteiger partial charge is 0.494 e. The molecule has 1 amide bonds. The van der Waals surface area contributed by atoms with Crippen LogP contribution in [0.4, 0.5) is 0 Å². The molecule has 3 aromatic rings. The first-order valence-corrected chi connectivity index (χ1v) is 8.42. The molecule has 1 aliphatic heterocycles. The Morgan fingerprint density at radius 3 is 2.96 bits per heavy atom. The van der Waals surface area contributed by atoms with Crippen molar-refractivity contribution >= 4 is 5.91 Å². The summed E-state index contributed by atoms with van der Waals surface area (Å²) >= 11 is 0. The summed E-state index contributed by atoms with van der Waals surface area (Å²) in [5.74, 6) is 2.17. The SMILES string of the molecule is COc1cnccc1C(=O)N1CCc2nnc(Cn3cccn3)n2CC1. The fourth-order valence-corrected chi connectivity index (χ4v) is 3.13. The van der Waals surface area contributed by atoms with Gasteiger partial charge in [0.15, 0.2) is 5.82 Å². The zero-order valence-electron chi connectivity index (χ0n) is 14.4. The van der Waals surface area contributed by atoms with Gasteiger partial charge in [0.1, 0.15) is 18.1 Å². The van der Waals surface area contributed by atoms with Gasteiger partial charge in [-0.15, -0.1) is 10.2 Å². The molecule has 0 spiro atoms. The van der Waals surface area contributed by atoms with Gasteiger partial charge in [0.05, 0.1) is 18.9 Å². The molecule has 0 saturated carbocycles. The average Bonchev–Trinajstić information content (AvgIpc) is 3.27. The van der Waals surface area contributed by atoms with Gasteiger partial charge in [0.25, 0.3) is 5.91 Å². The van der Waals surface area contributed by atoms with Crippen molar-refractivity contribution in [3.8, 4) is 5.75 Å². The van der Waals surface area contributed by atoms with E-state index in [1.165, 1.54) is 0 Å². The number of hydrogen-bond donors (Lipinski definition) is 0. The van der Waals surface area contributed by atoms with Crippen LogP contribution in [0.1, 0.15) is 22.0 Å². The van der Waals surface area contributed by atoms with Crippen LogP contribution in [0.15, 0.2) is 36.9 Å². The molecule has 0 N–H and O–H groups in total. The molecular formula is C17H19N7O2. The molecular weight excluding hydrogens is 334 g/mol. The van der Waals surface area contributed by atoms with Crippen molar-refractivity contribution in [2.24, 2.45) is 0 Å². The number of methoxy groups -OCH3 is 1. The number of carbonyl (C=O) groups is 1. The topological polar surface area (TPSA) is 91.0 Å². The van der Waals surface area contributed by atoms with E-state index in [1.54, 1.807) is 31.8 Å². The maximum absolute atomic E-state index is 12.9.